The van der Waals surface area contributed by atoms with Gasteiger partial charge in [0.25, 0.3) is 0 Å². The van der Waals surface area contributed by atoms with Crippen LogP contribution < -0.4 is 10.5 Å². The lowest BCUT2D eigenvalue weighted by atomic mass is 9.98. The zero-order valence-electron chi connectivity index (χ0n) is 12.0. The Labute approximate surface area is 134 Å². The maximum Gasteiger partial charge on any atom is 0.125 e. The molecule has 0 radical (unpaired) electrons. The Bertz CT molecular complexity index is 597. The van der Waals surface area contributed by atoms with Crippen LogP contribution in [-0.4, -0.2) is 12.6 Å². The Balaban J connectivity index is 1.56. The Morgan fingerprint density at radius 1 is 1.38 bits per heavy atom. The monoisotopic (exact) mass is 321 g/mol. The van der Waals surface area contributed by atoms with Gasteiger partial charge in [-0.25, -0.2) is 0 Å². The van der Waals surface area contributed by atoms with Gasteiger partial charge in [0.05, 0.1) is 6.61 Å². The first kappa shape index (κ1) is 14.9. The first-order valence-electron chi connectivity index (χ1n) is 7.44. The number of nitrogens with two attached hydrogens (primary N) is 1. The van der Waals surface area contributed by atoms with Crippen LogP contribution in [0.25, 0.3) is 0 Å². The van der Waals surface area contributed by atoms with Crippen molar-refractivity contribution in [2.75, 3.05) is 6.61 Å². The quantitative estimate of drug-likeness (QED) is 0.864. The van der Waals surface area contributed by atoms with Crippen LogP contribution in [0.1, 0.15) is 28.8 Å². The number of hydrogen-bond donors (Lipinski definition) is 1. The van der Waals surface area contributed by atoms with Gasteiger partial charge >= 0.3 is 0 Å². The van der Waals surface area contributed by atoms with E-state index in [0.717, 1.165) is 49.5 Å². The molecule has 112 valence electrons. The summed E-state index contributed by atoms with van der Waals surface area (Å²) < 4.78 is 5.74. The van der Waals surface area contributed by atoms with E-state index in [1.807, 2.05) is 23.5 Å². The Hall–Kier alpha value is -1.03. The van der Waals surface area contributed by atoms with Gasteiger partial charge in [0.2, 0.25) is 0 Å². The molecule has 0 saturated heterocycles. The molecule has 1 atom stereocenters. The second-order valence-corrected chi connectivity index (χ2v) is 7.06. The van der Waals surface area contributed by atoms with Crippen molar-refractivity contribution in [3.05, 3.63) is 50.7 Å². The number of thiophene rings is 1. The standard InChI is InChI=1S/C17H20ClNOS/c18-14-9-12-6-7-20-17(12)13(10-14)11-15(19)3-1-4-16-5-2-8-21-16/h2,5,8-10,15H,1,3-4,6-7,11,19H2. The highest BCUT2D eigenvalue weighted by Crippen LogP contribution is 2.33. The van der Waals surface area contributed by atoms with Gasteiger partial charge in [0.1, 0.15) is 5.75 Å². The summed E-state index contributed by atoms with van der Waals surface area (Å²) in [5.41, 5.74) is 8.68. The van der Waals surface area contributed by atoms with E-state index in [4.69, 9.17) is 22.1 Å². The van der Waals surface area contributed by atoms with Crippen LogP contribution >= 0.6 is 22.9 Å². The van der Waals surface area contributed by atoms with E-state index in [0.29, 0.717) is 0 Å². The second kappa shape index (κ2) is 6.82. The highest BCUT2D eigenvalue weighted by molar-refractivity contribution is 7.09. The Kier molecular flexibility index (Phi) is 4.84. The summed E-state index contributed by atoms with van der Waals surface area (Å²) in [6.45, 7) is 0.760. The molecule has 0 amide bonds. The molecule has 21 heavy (non-hydrogen) atoms. The van der Waals surface area contributed by atoms with Gasteiger partial charge in [0.15, 0.2) is 0 Å². The molecule has 0 aliphatic carbocycles. The Morgan fingerprint density at radius 2 is 2.29 bits per heavy atom. The van der Waals surface area contributed by atoms with Gasteiger partial charge < -0.3 is 10.5 Å². The van der Waals surface area contributed by atoms with E-state index < -0.39 is 0 Å². The lowest BCUT2D eigenvalue weighted by Crippen LogP contribution is -2.23. The molecule has 2 aromatic rings. The van der Waals surface area contributed by atoms with Crippen molar-refractivity contribution in [3.63, 3.8) is 0 Å². The summed E-state index contributed by atoms with van der Waals surface area (Å²) in [5.74, 6) is 1.02. The van der Waals surface area contributed by atoms with Crippen molar-refractivity contribution in [1.29, 1.82) is 0 Å². The molecule has 4 heteroatoms. The summed E-state index contributed by atoms with van der Waals surface area (Å²) in [6.07, 6.45) is 5.07. The van der Waals surface area contributed by atoms with Crippen molar-refractivity contribution in [2.24, 2.45) is 5.73 Å². The molecule has 3 rings (SSSR count). The summed E-state index contributed by atoms with van der Waals surface area (Å²) in [7, 11) is 0. The van der Waals surface area contributed by atoms with Crippen molar-refractivity contribution in [3.8, 4) is 5.75 Å². The number of aryl methyl sites for hydroxylation is 1. The predicted octanol–water partition coefficient (Wildman–Crippen LogP) is 4.23. The van der Waals surface area contributed by atoms with Gasteiger partial charge in [-0.15, -0.1) is 11.3 Å². The molecule has 1 aliphatic rings. The lowest BCUT2D eigenvalue weighted by molar-refractivity contribution is 0.352. The number of hydrogen-bond acceptors (Lipinski definition) is 3. The van der Waals surface area contributed by atoms with E-state index in [9.17, 15) is 0 Å². The van der Waals surface area contributed by atoms with Crippen molar-refractivity contribution >= 4 is 22.9 Å². The molecule has 2 nitrogen and oxygen atoms in total. The first-order valence-corrected chi connectivity index (χ1v) is 8.70. The smallest absolute Gasteiger partial charge is 0.125 e. The minimum absolute atomic E-state index is 0.164. The van der Waals surface area contributed by atoms with Crippen molar-refractivity contribution in [2.45, 2.75) is 38.1 Å². The average Bonchev–Trinajstić information content (AvgIpc) is 3.09. The van der Waals surface area contributed by atoms with Gasteiger partial charge in [-0.2, -0.15) is 0 Å². The topological polar surface area (TPSA) is 35.2 Å². The molecule has 1 aromatic carbocycles. The zero-order chi connectivity index (χ0) is 14.7. The third-order valence-corrected chi connectivity index (χ3v) is 5.04. The molecule has 1 aromatic heterocycles. The van der Waals surface area contributed by atoms with Crippen LogP contribution in [0.5, 0.6) is 5.75 Å². The fourth-order valence-corrected chi connectivity index (χ4v) is 3.89. The summed E-state index contributed by atoms with van der Waals surface area (Å²) in [5, 5.41) is 2.92. The molecular weight excluding hydrogens is 302 g/mol. The SMILES string of the molecule is NC(CCCc1cccs1)Cc1cc(Cl)cc2c1OCC2. The fourth-order valence-electron chi connectivity index (χ4n) is 2.88. The van der Waals surface area contributed by atoms with Gasteiger partial charge in [-0.1, -0.05) is 17.7 Å². The number of rotatable bonds is 6. The highest BCUT2D eigenvalue weighted by Gasteiger charge is 2.19. The molecule has 0 saturated carbocycles. The zero-order valence-corrected chi connectivity index (χ0v) is 13.6. The third-order valence-electron chi connectivity index (χ3n) is 3.89. The van der Waals surface area contributed by atoms with Crippen LogP contribution in [0.2, 0.25) is 5.02 Å². The summed E-state index contributed by atoms with van der Waals surface area (Å²) in [4.78, 5) is 1.44. The predicted molar refractivity (Wildman–Crippen MR) is 89.6 cm³/mol. The van der Waals surface area contributed by atoms with Gasteiger partial charge in [0, 0.05) is 22.4 Å². The second-order valence-electron chi connectivity index (χ2n) is 5.59. The third kappa shape index (κ3) is 3.79. The van der Waals surface area contributed by atoms with E-state index >= 15 is 0 Å². The first-order chi connectivity index (χ1) is 10.2. The molecule has 1 unspecified atom stereocenters. The highest BCUT2D eigenvalue weighted by atomic mass is 35.5. The van der Waals surface area contributed by atoms with Crippen LogP contribution in [0.3, 0.4) is 0 Å². The molecule has 1 aliphatic heterocycles. The lowest BCUT2D eigenvalue weighted by Gasteiger charge is -2.14. The van der Waals surface area contributed by atoms with Crippen LogP contribution in [0.15, 0.2) is 29.6 Å². The summed E-state index contributed by atoms with van der Waals surface area (Å²) >= 11 is 8.01. The molecular formula is C17H20ClNOS. The van der Waals surface area contributed by atoms with E-state index in [2.05, 4.69) is 17.5 Å². The number of benzene rings is 1. The van der Waals surface area contributed by atoms with Crippen LogP contribution in [0, 0.1) is 0 Å². The molecule has 2 N–H and O–H groups in total. The van der Waals surface area contributed by atoms with E-state index in [1.54, 1.807) is 0 Å². The minimum atomic E-state index is 0.164. The van der Waals surface area contributed by atoms with Gasteiger partial charge in [-0.3, -0.25) is 0 Å². The molecule has 0 spiro atoms. The normalized spacial score (nSPS) is 14.8. The maximum absolute atomic E-state index is 6.29. The number of halogens is 1. The Morgan fingerprint density at radius 3 is 3.10 bits per heavy atom. The largest absolute Gasteiger partial charge is 0.493 e. The van der Waals surface area contributed by atoms with E-state index in [1.165, 1.54) is 16.0 Å². The van der Waals surface area contributed by atoms with Gasteiger partial charge in [-0.05, 0) is 60.4 Å². The van der Waals surface area contributed by atoms with Crippen LogP contribution in [-0.2, 0) is 19.3 Å². The number of ether oxygens (including phenoxy) is 1. The van der Waals surface area contributed by atoms with Crippen molar-refractivity contribution in [1.82, 2.24) is 0 Å². The number of fused-ring (bicyclic) bond motifs is 1. The molecule has 0 bridgehead atoms. The van der Waals surface area contributed by atoms with E-state index in [-0.39, 0.29) is 6.04 Å². The van der Waals surface area contributed by atoms with Crippen molar-refractivity contribution < 1.29 is 4.74 Å². The fraction of sp³-hybridized carbons (Fsp3) is 0.412. The minimum Gasteiger partial charge on any atom is -0.493 e. The molecule has 2 heterocycles. The maximum atomic E-state index is 6.29. The van der Waals surface area contributed by atoms with Crippen LogP contribution in [0.4, 0.5) is 0 Å². The molecule has 0 fully saturated rings. The average molecular weight is 322 g/mol. The summed E-state index contributed by atoms with van der Waals surface area (Å²) in [6, 6.07) is 8.47.